The van der Waals surface area contributed by atoms with Gasteiger partial charge in [0.25, 0.3) is 5.89 Å². The Hall–Kier alpha value is -1.75. The lowest BCUT2D eigenvalue weighted by atomic mass is 10.1. The summed E-state index contributed by atoms with van der Waals surface area (Å²) in [5, 5.41) is 5.90. The van der Waals surface area contributed by atoms with Crippen LogP contribution in [0.2, 0.25) is 0 Å². The molecule has 1 aromatic carbocycles. The molecule has 0 aliphatic rings. The summed E-state index contributed by atoms with van der Waals surface area (Å²) < 4.78 is 6.12. The summed E-state index contributed by atoms with van der Waals surface area (Å²) in [4.78, 5) is 8.48. The average Bonchev–Trinajstić information content (AvgIpc) is 2.76. The van der Waals surface area contributed by atoms with Gasteiger partial charge in [0.05, 0.1) is 0 Å². The molecule has 0 N–H and O–H groups in total. The first-order chi connectivity index (χ1) is 8.24. The molecule has 4 nitrogen and oxygen atoms in total. The van der Waals surface area contributed by atoms with E-state index >= 15 is 0 Å². The lowest BCUT2D eigenvalue weighted by molar-refractivity contribution is 0.424. The number of aromatic nitrogens is 3. The Morgan fingerprint density at radius 3 is 2.94 bits per heavy atom. The highest BCUT2D eigenvalue weighted by atomic mass is 79.9. The summed E-state index contributed by atoms with van der Waals surface area (Å²) in [6.45, 7) is 1.78. The zero-order valence-corrected chi connectivity index (χ0v) is 10.6. The van der Waals surface area contributed by atoms with E-state index in [1.165, 1.54) is 0 Å². The van der Waals surface area contributed by atoms with Crippen molar-refractivity contribution in [3.63, 3.8) is 0 Å². The van der Waals surface area contributed by atoms with Crippen molar-refractivity contribution in [2.24, 2.45) is 0 Å². The molecule has 0 amide bonds. The van der Waals surface area contributed by atoms with Gasteiger partial charge in [-0.25, -0.2) is 0 Å². The average molecular weight is 290 g/mol. The summed E-state index contributed by atoms with van der Waals surface area (Å²) >= 11 is 3.51. The zero-order chi connectivity index (χ0) is 11.8. The zero-order valence-electron chi connectivity index (χ0n) is 9.01. The van der Waals surface area contributed by atoms with Crippen LogP contribution in [0.1, 0.15) is 5.82 Å². The van der Waals surface area contributed by atoms with Gasteiger partial charge >= 0.3 is 0 Å². The smallest absolute Gasteiger partial charge is 0.276 e. The minimum absolute atomic E-state index is 0.445. The maximum Gasteiger partial charge on any atom is 0.276 e. The van der Waals surface area contributed by atoms with Crippen LogP contribution in [0.25, 0.3) is 22.4 Å². The number of rotatable bonds is 1. The van der Waals surface area contributed by atoms with Crippen molar-refractivity contribution >= 4 is 26.7 Å². The summed E-state index contributed by atoms with van der Waals surface area (Å²) in [6.07, 6.45) is 1.80. The fraction of sp³-hybridized carbons (Fsp3) is 0.0833. The summed E-state index contributed by atoms with van der Waals surface area (Å²) in [6, 6.07) is 7.91. The first kappa shape index (κ1) is 10.4. The standard InChI is InChI=1S/C12H8BrN3O/c1-7-15-12(17-16-7)11-5-9-8(6-14-11)3-2-4-10(9)13/h2-6H,1H3. The SMILES string of the molecule is Cc1noc(-c2cc3c(Br)cccc3cn2)n1. The minimum Gasteiger partial charge on any atom is -0.332 e. The molecule has 0 aliphatic carbocycles. The fourth-order valence-electron chi connectivity index (χ4n) is 1.65. The number of nitrogens with zero attached hydrogens (tertiary/aromatic N) is 3. The predicted molar refractivity (Wildman–Crippen MR) is 67.5 cm³/mol. The van der Waals surface area contributed by atoms with Crippen molar-refractivity contribution in [1.82, 2.24) is 15.1 Å². The van der Waals surface area contributed by atoms with E-state index in [0.717, 1.165) is 15.2 Å². The van der Waals surface area contributed by atoms with Crippen LogP contribution in [0.15, 0.2) is 39.5 Å². The molecule has 0 fully saturated rings. The molecule has 0 radical (unpaired) electrons. The van der Waals surface area contributed by atoms with E-state index in [2.05, 4.69) is 31.1 Å². The van der Waals surface area contributed by atoms with Crippen LogP contribution in [-0.4, -0.2) is 15.1 Å². The van der Waals surface area contributed by atoms with Gasteiger partial charge in [0.15, 0.2) is 5.82 Å². The van der Waals surface area contributed by atoms with E-state index in [-0.39, 0.29) is 0 Å². The Labute approximate surface area is 106 Å². The third-order valence-corrected chi connectivity index (χ3v) is 3.15. The molecule has 0 saturated carbocycles. The Morgan fingerprint density at radius 1 is 1.29 bits per heavy atom. The van der Waals surface area contributed by atoms with Crippen molar-refractivity contribution in [1.29, 1.82) is 0 Å². The summed E-state index contributed by atoms with van der Waals surface area (Å²) in [5.41, 5.74) is 0.685. The molecular weight excluding hydrogens is 282 g/mol. The van der Waals surface area contributed by atoms with Crippen LogP contribution in [-0.2, 0) is 0 Å². The molecule has 0 bridgehead atoms. The lowest BCUT2D eigenvalue weighted by Gasteiger charge is -2.01. The maximum atomic E-state index is 5.10. The molecule has 3 rings (SSSR count). The third-order valence-electron chi connectivity index (χ3n) is 2.46. The number of hydrogen-bond acceptors (Lipinski definition) is 4. The molecule has 2 aromatic heterocycles. The van der Waals surface area contributed by atoms with Gasteiger partial charge in [0.2, 0.25) is 0 Å². The van der Waals surface area contributed by atoms with E-state index in [9.17, 15) is 0 Å². The van der Waals surface area contributed by atoms with E-state index in [1.807, 2.05) is 24.3 Å². The van der Waals surface area contributed by atoms with Crippen LogP contribution in [0.5, 0.6) is 0 Å². The van der Waals surface area contributed by atoms with Gasteiger partial charge in [-0.3, -0.25) is 4.98 Å². The van der Waals surface area contributed by atoms with Crippen LogP contribution in [0, 0.1) is 6.92 Å². The van der Waals surface area contributed by atoms with Gasteiger partial charge in [0.1, 0.15) is 5.69 Å². The van der Waals surface area contributed by atoms with E-state index < -0.39 is 0 Å². The number of halogens is 1. The van der Waals surface area contributed by atoms with Crippen LogP contribution < -0.4 is 0 Å². The van der Waals surface area contributed by atoms with E-state index in [4.69, 9.17) is 4.52 Å². The van der Waals surface area contributed by atoms with Crippen molar-refractivity contribution in [3.8, 4) is 11.6 Å². The second kappa shape index (κ2) is 3.92. The molecule has 3 aromatic rings. The molecule has 2 heterocycles. The Balaban J connectivity index is 2.22. The maximum absolute atomic E-state index is 5.10. The first-order valence-electron chi connectivity index (χ1n) is 5.09. The topological polar surface area (TPSA) is 51.8 Å². The van der Waals surface area contributed by atoms with Crippen LogP contribution in [0.4, 0.5) is 0 Å². The Bertz CT molecular complexity index is 693. The van der Waals surface area contributed by atoms with Gasteiger partial charge in [-0.15, -0.1) is 0 Å². The highest BCUT2D eigenvalue weighted by Crippen LogP contribution is 2.26. The highest BCUT2D eigenvalue weighted by Gasteiger charge is 2.09. The number of fused-ring (bicyclic) bond motifs is 1. The molecule has 84 valence electrons. The fourth-order valence-corrected chi connectivity index (χ4v) is 2.15. The highest BCUT2D eigenvalue weighted by molar-refractivity contribution is 9.10. The van der Waals surface area contributed by atoms with Crippen molar-refractivity contribution in [2.45, 2.75) is 6.92 Å². The van der Waals surface area contributed by atoms with E-state index in [0.29, 0.717) is 17.4 Å². The largest absolute Gasteiger partial charge is 0.332 e. The predicted octanol–water partition coefficient (Wildman–Crippen LogP) is 3.36. The number of aryl methyl sites for hydroxylation is 1. The van der Waals surface area contributed by atoms with Gasteiger partial charge < -0.3 is 4.52 Å². The number of pyridine rings is 1. The quantitative estimate of drug-likeness (QED) is 0.689. The monoisotopic (exact) mass is 289 g/mol. The van der Waals surface area contributed by atoms with E-state index in [1.54, 1.807) is 13.1 Å². The minimum atomic E-state index is 0.445. The van der Waals surface area contributed by atoms with Gasteiger partial charge in [0, 0.05) is 16.1 Å². The van der Waals surface area contributed by atoms with Gasteiger partial charge in [-0.1, -0.05) is 33.2 Å². The molecule has 5 heteroatoms. The second-order valence-electron chi connectivity index (χ2n) is 3.68. The molecule has 17 heavy (non-hydrogen) atoms. The Morgan fingerprint density at radius 2 is 2.18 bits per heavy atom. The first-order valence-corrected chi connectivity index (χ1v) is 5.88. The summed E-state index contributed by atoms with van der Waals surface area (Å²) in [7, 11) is 0. The van der Waals surface area contributed by atoms with Gasteiger partial charge in [-0.05, 0) is 24.4 Å². The number of hydrogen-bond donors (Lipinski definition) is 0. The Kier molecular flexibility index (Phi) is 2.40. The number of benzene rings is 1. The van der Waals surface area contributed by atoms with Crippen LogP contribution >= 0.6 is 15.9 Å². The molecule has 0 saturated heterocycles. The molecule has 0 unspecified atom stereocenters. The van der Waals surface area contributed by atoms with Crippen molar-refractivity contribution in [2.75, 3.05) is 0 Å². The van der Waals surface area contributed by atoms with Crippen molar-refractivity contribution in [3.05, 3.63) is 40.8 Å². The summed E-state index contributed by atoms with van der Waals surface area (Å²) in [5.74, 6) is 1.05. The lowest BCUT2D eigenvalue weighted by Crippen LogP contribution is -1.85. The third kappa shape index (κ3) is 1.82. The molecular formula is C12H8BrN3O. The van der Waals surface area contributed by atoms with Gasteiger partial charge in [-0.2, -0.15) is 4.98 Å². The normalized spacial score (nSPS) is 10.9. The van der Waals surface area contributed by atoms with Crippen LogP contribution in [0.3, 0.4) is 0 Å². The molecule has 0 spiro atoms. The second-order valence-corrected chi connectivity index (χ2v) is 4.53. The van der Waals surface area contributed by atoms with Crippen molar-refractivity contribution < 1.29 is 4.52 Å². The molecule has 0 atom stereocenters. The molecule has 0 aliphatic heterocycles.